The van der Waals surface area contributed by atoms with Crippen molar-refractivity contribution < 1.29 is 13.2 Å². The Bertz CT molecular complexity index is 1890. The Hall–Kier alpha value is -4.70. The molecular formula is C32H22BrF3N6. The fourth-order valence-corrected chi connectivity index (χ4v) is 5.87. The van der Waals surface area contributed by atoms with Crippen molar-refractivity contribution >= 4 is 50.5 Å². The van der Waals surface area contributed by atoms with Gasteiger partial charge in [-0.15, -0.1) is 0 Å². The second kappa shape index (κ2) is 9.99. The highest BCUT2D eigenvalue weighted by Gasteiger charge is 2.41. The molecule has 2 aliphatic rings. The van der Waals surface area contributed by atoms with E-state index in [1.165, 1.54) is 6.07 Å². The third-order valence-corrected chi connectivity index (χ3v) is 7.75. The molecule has 10 heteroatoms. The van der Waals surface area contributed by atoms with Crippen LogP contribution in [0.2, 0.25) is 0 Å². The second-order valence-corrected chi connectivity index (χ2v) is 10.9. The number of halogens is 4. The number of benzene rings is 4. The van der Waals surface area contributed by atoms with E-state index in [1.54, 1.807) is 6.07 Å². The van der Waals surface area contributed by atoms with E-state index in [0.717, 1.165) is 44.8 Å². The second-order valence-electron chi connectivity index (χ2n) is 9.99. The highest BCUT2D eigenvalue weighted by molar-refractivity contribution is 9.10. The van der Waals surface area contributed by atoms with Gasteiger partial charge in [0.15, 0.2) is 17.5 Å². The Kier molecular flexibility index (Phi) is 6.23. The summed E-state index contributed by atoms with van der Waals surface area (Å²) < 4.78 is 43.4. The van der Waals surface area contributed by atoms with Gasteiger partial charge in [0.2, 0.25) is 0 Å². The molecule has 0 bridgehead atoms. The quantitative estimate of drug-likeness (QED) is 0.218. The van der Waals surface area contributed by atoms with Gasteiger partial charge in [0.05, 0.1) is 34.4 Å². The maximum absolute atomic E-state index is 13.6. The number of fused-ring (bicyclic) bond motifs is 4. The molecule has 4 aromatic carbocycles. The molecule has 0 amide bonds. The predicted octanol–water partition coefficient (Wildman–Crippen LogP) is 8.76. The average molecular weight is 627 g/mol. The number of aliphatic imine (C=N–C) groups is 2. The van der Waals surface area contributed by atoms with Crippen molar-refractivity contribution in [2.45, 2.75) is 19.1 Å². The van der Waals surface area contributed by atoms with Crippen LogP contribution in [0.15, 0.2) is 118 Å². The van der Waals surface area contributed by atoms with Crippen LogP contribution >= 0.6 is 15.9 Å². The fourth-order valence-electron chi connectivity index (χ4n) is 5.45. The fraction of sp³-hybridized carbons (Fsp3) is 0.0938. The monoisotopic (exact) mass is 626 g/mol. The van der Waals surface area contributed by atoms with E-state index in [-0.39, 0.29) is 11.7 Å². The van der Waals surface area contributed by atoms with Crippen LogP contribution in [0, 0.1) is 6.92 Å². The van der Waals surface area contributed by atoms with Crippen LogP contribution < -0.4 is 10.2 Å². The number of amidine groups is 2. The van der Waals surface area contributed by atoms with Crippen molar-refractivity contribution in [1.29, 1.82) is 0 Å². The largest absolute Gasteiger partial charge is 0.416 e. The number of anilines is 2. The van der Waals surface area contributed by atoms with Gasteiger partial charge >= 0.3 is 6.18 Å². The van der Waals surface area contributed by atoms with Crippen LogP contribution in [-0.4, -0.2) is 21.5 Å². The molecule has 1 aromatic heterocycles. The summed E-state index contributed by atoms with van der Waals surface area (Å²) in [6.45, 7) is 1.97. The van der Waals surface area contributed by atoms with Gasteiger partial charge in [-0.05, 0) is 67.1 Å². The van der Waals surface area contributed by atoms with Gasteiger partial charge in [-0.25, -0.2) is 14.7 Å². The number of aromatic nitrogens is 2. The molecule has 2 aliphatic heterocycles. The lowest BCUT2D eigenvalue weighted by Crippen LogP contribution is -2.46. The number of aryl methyl sites for hydroxylation is 1. The standard InChI is InChI=1S/C32H22BrF3N6/c1-19-27-28(20-9-7-11-22(33)17-20)41-26-16-6-5-15-25(26)38-29(37-23-12-8-10-21(18-23)32(34,35)36)31(41)39-30(27)42(40-19)24-13-3-2-4-14-24/h2-18,28H,1H3,(H,37,38)/t28-/m1/s1. The molecule has 3 heterocycles. The number of hydrogen-bond donors (Lipinski definition) is 1. The van der Waals surface area contributed by atoms with Crippen molar-refractivity contribution in [2.24, 2.45) is 9.98 Å². The first kappa shape index (κ1) is 26.2. The van der Waals surface area contributed by atoms with E-state index in [2.05, 4.69) is 38.3 Å². The van der Waals surface area contributed by atoms with E-state index >= 15 is 0 Å². The van der Waals surface area contributed by atoms with Gasteiger partial charge in [-0.2, -0.15) is 18.3 Å². The first-order chi connectivity index (χ1) is 20.3. The molecular weight excluding hydrogens is 605 g/mol. The van der Waals surface area contributed by atoms with Gasteiger partial charge in [0.1, 0.15) is 0 Å². The Morgan fingerprint density at radius 3 is 2.38 bits per heavy atom. The van der Waals surface area contributed by atoms with Crippen LogP contribution in [-0.2, 0) is 6.18 Å². The molecule has 1 atom stereocenters. The van der Waals surface area contributed by atoms with Crippen LogP contribution in [0.4, 0.5) is 36.1 Å². The molecule has 42 heavy (non-hydrogen) atoms. The van der Waals surface area contributed by atoms with E-state index in [9.17, 15) is 13.2 Å². The maximum atomic E-state index is 13.6. The first-order valence-electron chi connectivity index (χ1n) is 13.2. The minimum atomic E-state index is -4.48. The molecule has 7 rings (SSSR count). The average Bonchev–Trinajstić information content (AvgIpc) is 3.32. The summed E-state index contributed by atoms with van der Waals surface area (Å²) in [5.74, 6) is 1.44. The number of nitrogens with zero attached hydrogens (tertiary/aromatic N) is 5. The van der Waals surface area contributed by atoms with E-state index in [1.807, 2.05) is 78.3 Å². The summed E-state index contributed by atoms with van der Waals surface area (Å²) in [6.07, 6.45) is -4.48. The third kappa shape index (κ3) is 4.48. The molecule has 0 spiro atoms. The summed E-state index contributed by atoms with van der Waals surface area (Å²) in [7, 11) is 0. The third-order valence-electron chi connectivity index (χ3n) is 7.26. The number of para-hydroxylation sites is 3. The zero-order valence-corrected chi connectivity index (χ0v) is 23.7. The molecule has 0 saturated carbocycles. The van der Waals surface area contributed by atoms with Gasteiger partial charge < -0.3 is 10.2 Å². The lowest BCUT2D eigenvalue weighted by molar-refractivity contribution is -0.137. The number of nitrogens with one attached hydrogen (secondary N) is 1. The summed E-state index contributed by atoms with van der Waals surface area (Å²) >= 11 is 3.63. The van der Waals surface area contributed by atoms with Crippen LogP contribution in [0.1, 0.15) is 28.4 Å². The SMILES string of the molecule is Cc1nn(-c2ccccc2)c2c1[C@@H](c1cccc(Br)c1)N1C(=N2)C(Nc2cccc(C(F)(F)F)c2)=Nc2ccccc21. The van der Waals surface area contributed by atoms with E-state index < -0.39 is 11.7 Å². The Balaban J connectivity index is 1.47. The van der Waals surface area contributed by atoms with Crippen molar-refractivity contribution in [2.75, 3.05) is 10.2 Å². The first-order valence-corrected chi connectivity index (χ1v) is 14.0. The number of alkyl halides is 3. The van der Waals surface area contributed by atoms with Crippen molar-refractivity contribution in [3.05, 3.63) is 130 Å². The van der Waals surface area contributed by atoms with Crippen LogP contribution in [0.25, 0.3) is 5.69 Å². The van der Waals surface area contributed by atoms with Gasteiger partial charge in [-0.3, -0.25) is 0 Å². The number of rotatable bonds is 3. The summed E-state index contributed by atoms with van der Waals surface area (Å²) in [4.78, 5) is 12.1. The highest BCUT2D eigenvalue weighted by Crippen LogP contribution is 2.48. The molecule has 1 N–H and O–H groups in total. The van der Waals surface area contributed by atoms with E-state index in [0.29, 0.717) is 23.2 Å². The van der Waals surface area contributed by atoms with Gasteiger partial charge in [0.25, 0.3) is 0 Å². The molecule has 0 aliphatic carbocycles. The molecule has 0 saturated heterocycles. The zero-order chi connectivity index (χ0) is 29.0. The van der Waals surface area contributed by atoms with Crippen molar-refractivity contribution in [1.82, 2.24) is 9.78 Å². The molecule has 0 unspecified atom stereocenters. The van der Waals surface area contributed by atoms with Crippen LogP contribution in [0.3, 0.4) is 0 Å². The molecule has 0 fully saturated rings. The lowest BCUT2D eigenvalue weighted by atomic mass is 9.93. The zero-order valence-electron chi connectivity index (χ0n) is 22.1. The number of hydrogen-bond acceptors (Lipinski definition) is 5. The molecule has 0 radical (unpaired) electrons. The minimum Gasteiger partial charge on any atom is -0.337 e. The van der Waals surface area contributed by atoms with Crippen molar-refractivity contribution in [3.63, 3.8) is 0 Å². The highest BCUT2D eigenvalue weighted by atomic mass is 79.9. The van der Waals surface area contributed by atoms with Gasteiger partial charge in [-0.1, -0.05) is 64.5 Å². The summed E-state index contributed by atoms with van der Waals surface area (Å²) in [5.41, 5.74) is 4.57. The Morgan fingerprint density at radius 2 is 1.60 bits per heavy atom. The summed E-state index contributed by atoms with van der Waals surface area (Å²) in [5, 5.41) is 8.06. The normalized spacial score (nSPS) is 15.7. The van der Waals surface area contributed by atoms with Gasteiger partial charge in [0, 0.05) is 15.7 Å². The Labute approximate surface area is 248 Å². The summed E-state index contributed by atoms with van der Waals surface area (Å²) in [6, 6.07) is 30.2. The Morgan fingerprint density at radius 1 is 0.833 bits per heavy atom. The molecule has 208 valence electrons. The van der Waals surface area contributed by atoms with Crippen molar-refractivity contribution in [3.8, 4) is 5.69 Å². The smallest absolute Gasteiger partial charge is 0.337 e. The molecule has 5 aromatic rings. The maximum Gasteiger partial charge on any atom is 0.416 e. The topological polar surface area (TPSA) is 57.8 Å². The van der Waals surface area contributed by atoms with E-state index in [4.69, 9.17) is 15.1 Å². The minimum absolute atomic E-state index is 0.253. The predicted molar refractivity (Wildman–Crippen MR) is 162 cm³/mol. The lowest BCUT2D eigenvalue weighted by Gasteiger charge is -2.40. The van der Waals surface area contributed by atoms with Crippen LogP contribution in [0.5, 0.6) is 0 Å². The molecule has 6 nitrogen and oxygen atoms in total.